The summed E-state index contributed by atoms with van der Waals surface area (Å²) in [6.07, 6.45) is 1.04. The van der Waals surface area contributed by atoms with E-state index in [2.05, 4.69) is 0 Å². The minimum Gasteiger partial charge on any atom is -0.508 e. The molecule has 2 amide bonds. The van der Waals surface area contributed by atoms with Crippen LogP contribution in [0.25, 0.3) is 0 Å². The first kappa shape index (κ1) is 20.5. The molecule has 2 aromatic rings. The van der Waals surface area contributed by atoms with Crippen molar-refractivity contribution in [3.05, 3.63) is 53.6 Å². The number of aromatic hydroxyl groups is 2. The summed E-state index contributed by atoms with van der Waals surface area (Å²) in [5.74, 6) is 0.311. The molecule has 1 saturated heterocycles. The van der Waals surface area contributed by atoms with Gasteiger partial charge in [-0.25, -0.2) is 0 Å². The van der Waals surface area contributed by atoms with E-state index in [1.54, 1.807) is 9.80 Å². The Bertz CT molecular complexity index is 855. The zero-order chi connectivity index (χ0) is 20.8. The monoisotopic (exact) mass is 398 g/mol. The van der Waals surface area contributed by atoms with Gasteiger partial charge in [-0.1, -0.05) is 18.2 Å². The summed E-state index contributed by atoms with van der Waals surface area (Å²) < 4.78 is 5.73. The van der Waals surface area contributed by atoms with Gasteiger partial charge in [0.2, 0.25) is 5.91 Å². The summed E-state index contributed by atoms with van der Waals surface area (Å²) >= 11 is 0. The van der Waals surface area contributed by atoms with Gasteiger partial charge < -0.3 is 24.7 Å². The standard InChI is InChI=1S/C22H26N2O5/c1-16-5-2-3-6-20(16)29-12-4-7-21(27)23-8-10-24(11-9-23)22(28)17-13-18(25)15-19(26)14-17/h2-3,5-6,13-15,25-26H,4,7-12H2,1H3. The molecular weight excluding hydrogens is 372 g/mol. The fourth-order valence-electron chi connectivity index (χ4n) is 3.34. The smallest absolute Gasteiger partial charge is 0.254 e. The van der Waals surface area contributed by atoms with Gasteiger partial charge in [0, 0.05) is 44.2 Å². The van der Waals surface area contributed by atoms with Crippen molar-refractivity contribution in [2.24, 2.45) is 0 Å². The molecule has 7 nitrogen and oxygen atoms in total. The van der Waals surface area contributed by atoms with Gasteiger partial charge in [-0.3, -0.25) is 9.59 Å². The maximum Gasteiger partial charge on any atom is 0.254 e. The number of phenolic OH excluding ortho intramolecular Hbond substituents is 2. The van der Waals surface area contributed by atoms with Crippen molar-refractivity contribution >= 4 is 11.8 Å². The Morgan fingerprint density at radius 1 is 0.966 bits per heavy atom. The molecule has 29 heavy (non-hydrogen) atoms. The number of aryl methyl sites for hydroxylation is 1. The largest absolute Gasteiger partial charge is 0.508 e. The van der Waals surface area contributed by atoms with E-state index < -0.39 is 0 Å². The Kier molecular flexibility index (Phi) is 6.59. The number of nitrogens with zero attached hydrogens (tertiary/aromatic N) is 2. The van der Waals surface area contributed by atoms with Crippen LogP contribution < -0.4 is 4.74 Å². The van der Waals surface area contributed by atoms with E-state index in [0.29, 0.717) is 45.6 Å². The fourth-order valence-corrected chi connectivity index (χ4v) is 3.34. The molecule has 0 bridgehead atoms. The average molecular weight is 398 g/mol. The maximum absolute atomic E-state index is 12.5. The van der Waals surface area contributed by atoms with Gasteiger partial charge >= 0.3 is 0 Å². The first-order valence-electron chi connectivity index (χ1n) is 9.72. The lowest BCUT2D eigenvalue weighted by molar-refractivity contribution is -0.132. The summed E-state index contributed by atoms with van der Waals surface area (Å²) in [7, 11) is 0. The van der Waals surface area contributed by atoms with Gasteiger partial charge in [0.25, 0.3) is 5.91 Å². The second kappa shape index (κ2) is 9.32. The van der Waals surface area contributed by atoms with E-state index in [0.717, 1.165) is 11.3 Å². The molecule has 1 aliphatic rings. The average Bonchev–Trinajstić information content (AvgIpc) is 2.71. The van der Waals surface area contributed by atoms with Crippen LogP contribution >= 0.6 is 0 Å². The SMILES string of the molecule is Cc1ccccc1OCCCC(=O)N1CCN(C(=O)c2cc(O)cc(O)c2)CC1. The lowest BCUT2D eigenvalue weighted by Gasteiger charge is -2.35. The molecule has 0 saturated carbocycles. The number of amides is 2. The first-order chi connectivity index (χ1) is 13.9. The molecule has 0 radical (unpaired) electrons. The number of carbonyl (C=O) groups is 2. The third-order valence-corrected chi connectivity index (χ3v) is 4.96. The lowest BCUT2D eigenvalue weighted by Crippen LogP contribution is -2.50. The summed E-state index contributed by atoms with van der Waals surface area (Å²) in [6.45, 7) is 4.24. The Morgan fingerprint density at radius 2 is 1.59 bits per heavy atom. The van der Waals surface area contributed by atoms with Gasteiger partial charge in [0.1, 0.15) is 17.2 Å². The molecule has 0 aromatic heterocycles. The van der Waals surface area contributed by atoms with Crippen LogP contribution in [0.15, 0.2) is 42.5 Å². The maximum atomic E-state index is 12.5. The molecule has 1 fully saturated rings. The molecule has 0 atom stereocenters. The second-order valence-corrected chi connectivity index (χ2v) is 7.13. The number of ether oxygens (including phenoxy) is 1. The number of para-hydroxylation sites is 1. The van der Waals surface area contributed by atoms with Crippen LogP contribution in [0.3, 0.4) is 0 Å². The molecule has 2 aromatic carbocycles. The Balaban J connectivity index is 1.42. The Morgan fingerprint density at radius 3 is 2.24 bits per heavy atom. The van der Waals surface area contributed by atoms with E-state index >= 15 is 0 Å². The Labute approximate surface area is 170 Å². The number of hydrogen-bond acceptors (Lipinski definition) is 5. The molecule has 0 spiro atoms. The van der Waals surface area contributed by atoms with E-state index in [1.165, 1.54) is 18.2 Å². The minimum atomic E-state index is -0.269. The third kappa shape index (κ3) is 5.40. The van der Waals surface area contributed by atoms with Crippen molar-refractivity contribution in [2.45, 2.75) is 19.8 Å². The van der Waals surface area contributed by atoms with Crippen LogP contribution in [0.4, 0.5) is 0 Å². The fraction of sp³-hybridized carbons (Fsp3) is 0.364. The van der Waals surface area contributed by atoms with Gasteiger partial charge in [-0.2, -0.15) is 0 Å². The van der Waals surface area contributed by atoms with Gasteiger partial charge in [0.15, 0.2) is 0 Å². The van der Waals surface area contributed by atoms with Crippen molar-refractivity contribution in [2.75, 3.05) is 32.8 Å². The molecule has 0 unspecified atom stereocenters. The molecule has 2 N–H and O–H groups in total. The first-order valence-corrected chi connectivity index (χ1v) is 9.72. The highest BCUT2D eigenvalue weighted by atomic mass is 16.5. The summed E-state index contributed by atoms with van der Waals surface area (Å²) in [6, 6.07) is 11.6. The number of hydrogen-bond donors (Lipinski definition) is 2. The van der Waals surface area contributed by atoms with Gasteiger partial charge in [0.05, 0.1) is 6.61 Å². The third-order valence-electron chi connectivity index (χ3n) is 4.96. The van der Waals surface area contributed by atoms with Gasteiger partial charge in [-0.05, 0) is 37.1 Å². The van der Waals surface area contributed by atoms with E-state index in [-0.39, 0.29) is 28.9 Å². The molecule has 0 aliphatic carbocycles. The van der Waals surface area contributed by atoms with Crippen LogP contribution in [-0.2, 0) is 4.79 Å². The number of carbonyl (C=O) groups excluding carboxylic acids is 2. The highest BCUT2D eigenvalue weighted by molar-refractivity contribution is 5.95. The quantitative estimate of drug-likeness (QED) is 0.730. The van der Waals surface area contributed by atoms with Crippen molar-refractivity contribution in [1.29, 1.82) is 0 Å². The van der Waals surface area contributed by atoms with Crippen LogP contribution in [0.1, 0.15) is 28.8 Å². The molecule has 1 heterocycles. The minimum absolute atomic E-state index is 0.0560. The molecular formula is C22H26N2O5. The summed E-state index contributed by atoms with van der Waals surface area (Å²) in [5, 5.41) is 19.1. The lowest BCUT2D eigenvalue weighted by atomic mass is 10.1. The highest BCUT2D eigenvalue weighted by Gasteiger charge is 2.25. The zero-order valence-corrected chi connectivity index (χ0v) is 16.5. The molecule has 1 aliphatic heterocycles. The van der Waals surface area contributed by atoms with Crippen LogP contribution in [0.5, 0.6) is 17.2 Å². The van der Waals surface area contributed by atoms with Crippen molar-refractivity contribution in [3.8, 4) is 17.2 Å². The Hall–Kier alpha value is -3.22. The van der Waals surface area contributed by atoms with E-state index in [1.807, 2.05) is 31.2 Å². The van der Waals surface area contributed by atoms with Crippen molar-refractivity contribution in [3.63, 3.8) is 0 Å². The number of phenols is 2. The topological polar surface area (TPSA) is 90.3 Å². The van der Waals surface area contributed by atoms with E-state index in [4.69, 9.17) is 4.74 Å². The normalized spacial score (nSPS) is 14.0. The van der Waals surface area contributed by atoms with Crippen LogP contribution in [0, 0.1) is 6.92 Å². The summed E-state index contributed by atoms with van der Waals surface area (Å²) in [4.78, 5) is 28.3. The van der Waals surface area contributed by atoms with Crippen molar-refractivity contribution < 1.29 is 24.5 Å². The predicted molar refractivity (Wildman–Crippen MR) is 108 cm³/mol. The number of rotatable bonds is 6. The predicted octanol–water partition coefficient (Wildman–Crippen LogP) is 2.55. The van der Waals surface area contributed by atoms with Crippen LogP contribution in [-0.4, -0.2) is 64.6 Å². The molecule has 3 rings (SSSR count). The number of piperazine rings is 1. The molecule has 7 heteroatoms. The highest BCUT2D eigenvalue weighted by Crippen LogP contribution is 2.22. The number of benzene rings is 2. The second-order valence-electron chi connectivity index (χ2n) is 7.13. The zero-order valence-electron chi connectivity index (χ0n) is 16.5. The van der Waals surface area contributed by atoms with E-state index in [9.17, 15) is 19.8 Å². The summed E-state index contributed by atoms with van der Waals surface area (Å²) in [5.41, 5.74) is 1.30. The van der Waals surface area contributed by atoms with Crippen molar-refractivity contribution in [1.82, 2.24) is 9.80 Å². The van der Waals surface area contributed by atoms with Gasteiger partial charge in [-0.15, -0.1) is 0 Å². The van der Waals surface area contributed by atoms with Crippen LogP contribution in [0.2, 0.25) is 0 Å². The molecule has 154 valence electrons.